The predicted octanol–water partition coefficient (Wildman–Crippen LogP) is 3.99. The fourth-order valence-corrected chi connectivity index (χ4v) is 2.89. The number of nitrogens with zero attached hydrogens (tertiary/aromatic N) is 1. The molecule has 0 saturated carbocycles. The number of carbonyl (C=O) groups excluding carboxylic acids is 2. The first-order valence-corrected chi connectivity index (χ1v) is 8.26. The van der Waals surface area contributed by atoms with Gasteiger partial charge in [-0.2, -0.15) is 0 Å². The van der Waals surface area contributed by atoms with Crippen LogP contribution < -0.4 is 4.74 Å². The summed E-state index contributed by atoms with van der Waals surface area (Å²) in [6, 6.07) is 12.4. The Morgan fingerprint density at radius 3 is 2.83 bits per heavy atom. The second-order valence-electron chi connectivity index (χ2n) is 5.94. The van der Waals surface area contributed by atoms with Crippen molar-refractivity contribution >= 4 is 23.5 Å². The molecule has 0 N–H and O–H groups in total. The van der Waals surface area contributed by atoms with Gasteiger partial charge in [0.15, 0.2) is 0 Å². The number of carbonyl (C=O) groups is 2. The van der Waals surface area contributed by atoms with Crippen LogP contribution in [0.2, 0.25) is 5.02 Å². The molecule has 4 nitrogen and oxygen atoms in total. The van der Waals surface area contributed by atoms with Gasteiger partial charge in [-0.3, -0.25) is 4.79 Å². The minimum Gasteiger partial charge on any atom is -0.421 e. The fourth-order valence-electron chi connectivity index (χ4n) is 2.74. The molecule has 0 spiro atoms. The lowest BCUT2D eigenvalue weighted by Gasteiger charge is -2.16. The van der Waals surface area contributed by atoms with E-state index in [-0.39, 0.29) is 5.91 Å². The normalized spacial score (nSPS) is 14.1. The van der Waals surface area contributed by atoms with Crippen molar-refractivity contribution in [3.05, 3.63) is 64.2 Å². The van der Waals surface area contributed by atoms with E-state index in [1.54, 1.807) is 30.3 Å². The van der Waals surface area contributed by atoms with Crippen molar-refractivity contribution in [1.82, 2.24) is 4.90 Å². The lowest BCUT2D eigenvalue weighted by Crippen LogP contribution is -2.24. The van der Waals surface area contributed by atoms with Crippen LogP contribution in [-0.4, -0.2) is 23.3 Å². The highest BCUT2D eigenvalue weighted by molar-refractivity contribution is 6.32. The predicted molar refractivity (Wildman–Crippen MR) is 92.2 cm³/mol. The van der Waals surface area contributed by atoms with E-state index in [1.165, 1.54) is 0 Å². The summed E-state index contributed by atoms with van der Waals surface area (Å²) in [6.45, 7) is 3.19. The summed E-state index contributed by atoms with van der Waals surface area (Å²) >= 11 is 6.07. The largest absolute Gasteiger partial charge is 0.421 e. The molecular formula is C19H18ClNO3. The highest BCUT2D eigenvalue weighted by Gasteiger charge is 2.20. The van der Waals surface area contributed by atoms with Gasteiger partial charge in [0.05, 0.1) is 10.6 Å². The minimum atomic E-state index is -0.461. The van der Waals surface area contributed by atoms with Crippen molar-refractivity contribution in [1.29, 1.82) is 0 Å². The molecule has 2 aromatic rings. The Bertz CT molecular complexity index is 788. The van der Waals surface area contributed by atoms with Crippen molar-refractivity contribution in [3.8, 4) is 5.75 Å². The second kappa shape index (κ2) is 7.05. The maximum absolute atomic E-state index is 12.4. The van der Waals surface area contributed by atoms with Crippen LogP contribution in [0.3, 0.4) is 0 Å². The van der Waals surface area contributed by atoms with Crippen LogP contribution in [0, 0.1) is 6.92 Å². The van der Waals surface area contributed by atoms with Crippen LogP contribution in [0.4, 0.5) is 0 Å². The molecule has 1 heterocycles. The molecule has 1 aliphatic rings. The molecule has 0 bridgehead atoms. The van der Waals surface area contributed by atoms with Gasteiger partial charge in [0.25, 0.3) is 0 Å². The van der Waals surface area contributed by atoms with Crippen molar-refractivity contribution in [2.75, 3.05) is 6.54 Å². The zero-order chi connectivity index (χ0) is 17.1. The number of esters is 1. The van der Waals surface area contributed by atoms with Gasteiger partial charge < -0.3 is 9.64 Å². The second-order valence-corrected chi connectivity index (χ2v) is 6.35. The third-order valence-electron chi connectivity index (χ3n) is 4.00. The molecular weight excluding hydrogens is 326 g/mol. The molecule has 3 rings (SSSR count). The molecule has 5 heteroatoms. The first kappa shape index (κ1) is 16.5. The SMILES string of the molecule is Cc1ccc(Cl)c(OC(=O)c2cccc(CN3CCCC3=O)c2)c1. The molecule has 2 aromatic carbocycles. The summed E-state index contributed by atoms with van der Waals surface area (Å²) in [6.07, 6.45) is 1.50. The molecule has 1 saturated heterocycles. The van der Waals surface area contributed by atoms with Crippen LogP contribution in [0.5, 0.6) is 5.75 Å². The Labute approximate surface area is 146 Å². The smallest absolute Gasteiger partial charge is 0.343 e. The Hall–Kier alpha value is -2.33. The minimum absolute atomic E-state index is 0.162. The number of aryl methyl sites for hydroxylation is 1. The number of hydrogen-bond acceptors (Lipinski definition) is 3. The van der Waals surface area contributed by atoms with Crippen LogP contribution in [0.15, 0.2) is 42.5 Å². The van der Waals surface area contributed by atoms with Gasteiger partial charge >= 0.3 is 5.97 Å². The zero-order valence-corrected chi connectivity index (χ0v) is 14.2. The molecule has 1 fully saturated rings. The van der Waals surface area contributed by atoms with Crippen molar-refractivity contribution < 1.29 is 14.3 Å². The molecule has 0 unspecified atom stereocenters. The summed E-state index contributed by atoms with van der Waals surface area (Å²) in [7, 11) is 0. The maximum Gasteiger partial charge on any atom is 0.343 e. The number of likely N-dealkylation sites (tertiary alicyclic amines) is 1. The molecule has 1 amide bonds. The highest BCUT2D eigenvalue weighted by Crippen LogP contribution is 2.26. The number of ether oxygens (including phenoxy) is 1. The van der Waals surface area contributed by atoms with Crippen LogP contribution in [-0.2, 0) is 11.3 Å². The molecule has 0 aromatic heterocycles. The quantitative estimate of drug-likeness (QED) is 0.623. The van der Waals surface area contributed by atoms with E-state index in [9.17, 15) is 9.59 Å². The number of amides is 1. The van der Waals surface area contributed by atoms with E-state index in [4.69, 9.17) is 16.3 Å². The van der Waals surface area contributed by atoms with Gasteiger partial charge in [0, 0.05) is 19.5 Å². The van der Waals surface area contributed by atoms with Crippen LogP contribution >= 0.6 is 11.6 Å². The molecule has 0 aliphatic carbocycles. The third kappa shape index (κ3) is 3.77. The Kier molecular flexibility index (Phi) is 4.86. The topological polar surface area (TPSA) is 46.6 Å². The summed E-state index contributed by atoms with van der Waals surface area (Å²) < 4.78 is 5.41. The van der Waals surface area contributed by atoms with Crippen LogP contribution in [0.1, 0.15) is 34.3 Å². The van der Waals surface area contributed by atoms with E-state index in [0.29, 0.717) is 29.3 Å². The number of rotatable bonds is 4. The van der Waals surface area contributed by atoms with Crippen LogP contribution in [0.25, 0.3) is 0 Å². The Morgan fingerprint density at radius 2 is 2.08 bits per heavy atom. The van der Waals surface area contributed by atoms with E-state index < -0.39 is 5.97 Å². The number of benzene rings is 2. The molecule has 0 atom stereocenters. The lowest BCUT2D eigenvalue weighted by molar-refractivity contribution is -0.128. The van der Waals surface area contributed by atoms with E-state index in [2.05, 4.69) is 0 Å². The molecule has 0 radical (unpaired) electrons. The summed E-state index contributed by atoms with van der Waals surface area (Å²) in [5.74, 6) is 0.0495. The van der Waals surface area contributed by atoms with Crippen molar-refractivity contribution in [2.24, 2.45) is 0 Å². The van der Waals surface area contributed by atoms with Gasteiger partial charge in [0.1, 0.15) is 5.75 Å². The first-order chi connectivity index (χ1) is 11.5. The van der Waals surface area contributed by atoms with E-state index in [1.807, 2.05) is 24.0 Å². The first-order valence-electron chi connectivity index (χ1n) is 7.88. The fraction of sp³-hybridized carbons (Fsp3) is 0.263. The molecule has 1 aliphatic heterocycles. The van der Waals surface area contributed by atoms with Crippen molar-refractivity contribution in [3.63, 3.8) is 0 Å². The zero-order valence-electron chi connectivity index (χ0n) is 13.4. The highest BCUT2D eigenvalue weighted by atomic mass is 35.5. The van der Waals surface area contributed by atoms with Gasteiger partial charge in [-0.05, 0) is 48.7 Å². The number of halogens is 1. The average molecular weight is 344 g/mol. The van der Waals surface area contributed by atoms with Gasteiger partial charge in [0.2, 0.25) is 5.91 Å². The average Bonchev–Trinajstić information content (AvgIpc) is 2.96. The summed E-state index contributed by atoms with van der Waals surface area (Å²) in [5.41, 5.74) is 2.32. The Morgan fingerprint density at radius 1 is 1.25 bits per heavy atom. The standard InChI is InChI=1S/C19H18ClNO3/c1-13-7-8-16(20)17(10-13)24-19(23)15-5-2-4-14(11-15)12-21-9-3-6-18(21)22/h2,4-5,7-8,10-11H,3,6,9,12H2,1H3. The molecule has 124 valence electrons. The van der Waals surface area contributed by atoms with Gasteiger partial charge in [-0.15, -0.1) is 0 Å². The van der Waals surface area contributed by atoms with Crippen molar-refractivity contribution in [2.45, 2.75) is 26.3 Å². The maximum atomic E-state index is 12.4. The lowest BCUT2D eigenvalue weighted by atomic mass is 10.1. The third-order valence-corrected chi connectivity index (χ3v) is 4.31. The summed E-state index contributed by atoms with van der Waals surface area (Å²) in [4.78, 5) is 25.9. The monoisotopic (exact) mass is 343 g/mol. The molecule has 24 heavy (non-hydrogen) atoms. The van der Waals surface area contributed by atoms with E-state index >= 15 is 0 Å². The summed E-state index contributed by atoms with van der Waals surface area (Å²) in [5, 5.41) is 0.396. The Balaban J connectivity index is 1.74. The van der Waals surface area contributed by atoms with Gasteiger partial charge in [-0.1, -0.05) is 29.8 Å². The number of hydrogen-bond donors (Lipinski definition) is 0. The van der Waals surface area contributed by atoms with E-state index in [0.717, 1.165) is 24.1 Å². The van der Waals surface area contributed by atoms with Gasteiger partial charge in [-0.25, -0.2) is 4.79 Å².